The number of carbonyl (C=O) groups is 1. The van der Waals surface area contributed by atoms with Crippen molar-refractivity contribution in [1.29, 1.82) is 0 Å². The summed E-state index contributed by atoms with van der Waals surface area (Å²) in [7, 11) is 0. The van der Waals surface area contributed by atoms with Gasteiger partial charge in [0.2, 0.25) is 0 Å². The highest BCUT2D eigenvalue weighted by molar-refractivity contribution is 7.13. The molecule has 1 aliphatic rings. The van der Waals surface area contributed by atoms with Gasteiger partial charge in [-0.1, -0.05) is 6.07 Å². The minimum absolute atomic E-state index is 0.146. The molecule has 0 saturated heterocycles. The second-order valence-electron chi connectivity index (χ2n) is 5.53. The van der Waals surface area contributed by atoms with Gasteiger partial charge in [0.1, 0.15) is 17.2 Å². The number of carbonyl (C=O) groups excluding carboxylic acids is 1. The summed E-state index contributed by atoms with van der Waals surface area (Å²) in [6, 6.07) is 11.9. The van der Waals surface area contributed by atoms with E-state index in [-0.39, 0.29) is 17.8 Å². The van der Waals surface area contributed by atoms with E-state index in [9.17, 15) is 9.18 Å². The van der Waals surface area contributed by atoms with Crippen molar-refractivity contribution in [3.05, 3.63) is 59.4 Å². The van der Waals surface area contributed by atoms with Gasteiger partial charge < -0.3 is 5.32 Å². The van der Waals surface area contributed by atoms with E-state index in [2.05, 4.69) is 10.4 Å². The van der Waals surface area contributed by atoms with Gasteiger partial charge in [0, 0.05) is 6.04 Å². The van der Waals surface area contributed by atoms with Crippen LogP contribution in [0, 0.1) is 5.82 Å². The van der Waals surface area contributed by atoms with Crippen LogP contribution in [0.1, 0.15) is 23.3 Å². The third-order valence-electron chi connectivity index (χ3n) is 3.70. The van der Waals surface area contributed by atoms with E-state index in [0.717, 1.165) is 23.4 Å². The molecule has 1 amide bonds. The van der Waals surface area contributed by atoms with Gasteiger partial charge in [-0.3, -0.25) is 4.79 Å². The van der Waals surface area contributed by atoms with Crippen molar-refractivity contribution in [2.45, 2.75) is 18.9 Å². The third-order valence-corrected chi connectivity index (χ3v) is 4.59. The molecule has 3 aromatic rings. The van der Waals surface area contributed by atoms with Gasteiger partial charge in [-0.25, -0.2) is 9.07 Å². The van der Waals surface area contributed by atoms with E-state index in [1.807, 2.05) is 17.5 Å². The second-order valence-corrected chi connectivity index (χ2v) is 6.48. The van der Waals surface area contributed by atoms with Gasteiger partial charge in [0.15, 0.2) is 0 Å². The average molecular weight is 327 g/mol. The molecule has 2 heterocycles. The van der Waals surface area contributed by atoms with Crippen LogP contribution in [0.2, 0.25) is 0 Å². The lowest BCUT2D eigenvalue weighted by molar-refractivity contribution is 0.0943. The normalized spacial score (nSPS) is 14.0. The highest BCUT2D eigenvalue weighted by Gasteiger charge is 2.26. The molecule has 23 heavy (non-hydrogen) atoms. The number of hydrogen-bond donors (Lipinski definition) is 1. The Balaban J connectivity index is 1.77. The minimum Gasteiger partial charge on any atom is -0.348 e. The van der Waals surface area contributed by atoms with Crippen LogP contribution in [0.15, 0.2) is 47.8 Å². The first kappa shape index (κ1) is 14.1. The fourth-order valence-corrected chi connectivity index (χ4v) is 3.04. The maximum absolute atomic E-state index is 13.2. The van der Waals surface area contributed by atoms with E-state index < -0.39 is 0 Å². The second kappa shape index (κ2) is 5.62. The Bertz CT molecular complexity index is 835. The Morgan fingerprint density at radius 1 is 1.26 bits per heavy atom. The van der Waals surface area contributed by atoms with Gasteiger partial charge in [-0.2, -0.15) is 5.10 Å². The molecule has 1 N–H and O–H groups in total. The van der Waals surface area contributed by atoms with E-state index in [4.69, 9.17) is 0 Å². The summed E-state index contributed by atoms with van der Waals surface area (Å²) < 4.78 is 14.7. The summed E-state index contributed by atoms with van der Waals surface area (Å²) in [4.78, 5) is 13.5. The molecule has 0 radical (unpaired) electrons. The lowest BCUT2D eigenvalue weighted by Gasteiger charge is -2.07. The summed E-state index contributed by atoms with van der Waals surface area (Å²) in [6.07, 6.45) is 2.04. The predicted molar refractivity (Wildman–Crippen MR) is 87.3 cm³/mol. The van der Waals surface area contributed by atoms with Crippen molar-refractivity contribution in [3.8, 4) is 16.3 Å². The smallest absolute Gasteiger partial charge is 0.270 e. The maximum Gasteiger partial charge on any atom is 0.270 e. The van der Waals surface area contributed by atoms with Crippen LogP contribution in [0.4, 0.5) is 4.39 Å². The van der Waals surface area contributed by atoms with Crippen molar-refractivity contribution in [1.82, 2.24) is 15.1 Å². The molecule has 1 fully saturated rings. The summed E-state index contributed by atoms with van der Waals surface area (Å²) in [5.74, 6) is -0.463. The van der Waals surface area contributed by atoms with Crippen LogP contribution < -0.4 is 5.32 Å². The molecule has 0 aliphatic heterocycles. The quantitative estimate of drug-likeness (QED) is 0.795. The molecule has 4 rings (SSSR count). The SMILES string of the molecule is O=C(NC1CC1)c1cc(-c2cccs2)nn1-c1ccc(F)cc1. The standard InChI is InChI=1S/C17H14FN3OS/c18-11-3-7-13(8-4-11)21-15(17(22)19-12-5-6-12)10-14(20-21)16-2-1-9-23-16/h1-4,7-10,12H,5-6H2,(H,19,22). The van der Waals surface area contributed by atoms with Crippen molar-refractivity contribution < 1.29 is 9.18 Å². The summed E-state index contributed by atoms with van der Waals surface area (Å²) in [6.45, 7) is 0. The Kier molecular flexibility index (Phi) is 3.46. The monoisotopic (exact) mass is 327 g/mol. The molecule has 6 heteroatoms. The van der Waals surface area contributed by atoms with Crippen molar-refractivity contribution in [3.63, 3.8) is 0 Å². The zero-order chi connectivity index (χ0) is 15.8. The van der Waals surface area contributed by atoms with Gasteiger partial charge in [-0.15, -0.1) is 11.3 Å². The molecule has 0 bridgehead atoms. The summed E-state index contributed by atoms with van der Waals surface area (Å²) >= 11 is 1.57. The third kappa shape index (κ3) is 2.90. The molecule has 1 aliphatic carbocycles. The lowest BCUT2D eigenvalue weighted by Crippen LogP contribution is -2.27. The lowest BCUT2D eigenvalue weighted by atomic mass is 10.2. The van der Waals surface area contributed by atoms with Gasteiger partial charge in [0.25, 0.3) is 5.91 Å². The Labute approximate surface area is 136 Å². The molecule has 1 saturated carbocycles. The molecular formula is C17H14FN3OS. The van der Waals surface area contributed by atoms with Crippen LogP contribution in [0.3, 0.4) is 0 Å². The van der Waals surface area contributed by atoms with Crippen molar-refractivity contribution in [2.75, 3.05) is 0 Å². The molecule has 0 unspecified atom stereocenters. The maximum atomic E-state index is 13.2. The molecular weight excluding hydrogens is 313 g/mol. The molecule has 2 aromatic heterocycles. The largest absolute Gasteiger partial charge is 0.348 e. The van der Waals surface area contributed by atoms with E-state index in [1.165, 1.54) is 12.1 Å². The Morgan fingerprint density at radius 2 is 2.04 bits per heavy atom. The Morgan fingerprint density at radius 3 is 2.70 bits per heavy atom. The number of nitrogens with zero attached hydrogens (tertiary/aromatic N) is 2. The fraction of sp³-hybridized carbons (Fsp3) is 0.176. The van der Waals surface area contributed by atoms with Gasteiger partial charge >= 0.3 is 0 Å². The molecule has 0 spiro atoms. The van der Waals surface area contributed by atoms with E-state index >= 15 is 0 Å². The highest BCUT2D eigenvalue weighted by Crippen LogP contribution is 2.26. The van der Waals surface area contributed by atoms with Crippen LogP contribution in [-0.2, 0) is 0 Å². The van der Waals surface area contributed by atoms with E-state index in [1.54, 1.807) is 34.2 Å². The number of aromatic nitrogens is 2. The molecule has 1 aromatic carbocycles. The van der Waals surface area contributed by atoms with Gasteiger partial charge in [0.05, 0.1) is 10.6 Å². The zero-order valence-electron chi connectivity index (χ0n) is 12.2. The number of halogens is 1. The Hall–Kier alpha value is -2.47. The van der Waals surface area contributed by atoms with Crippen LogP contribution in [0.5, 0.6) is 0 Å². The molecule has 4 nitrogen and oxygen atoms in total. The first-order valence-electron chi connectivity index (χ1n) is 7.41. The average Bonchev–Trinajstić information content (AvgIpc) is 3.06. The number of rotatable bonds is 4. The van der Waals surface area contributed by atoms with E-state index in [0.29, 0.717) is 11.4 Å². The topological polar surface area (TPSA) is 46.9 Å². The number of hydrogen-bond acceptors (Lipinski definition) is 3. The summed E-state index contributed by atoms with van der Waals surface area (Å²) in [5.41, 5.74) is 1.87. The number of nitrogens with one attached hydrogen (secondary N) is 1. The first-order valence-corrected chi connectivity index (χ1v) is 8.29. The van der Waals surface area contributed by atoms with Gasteiger partial charge in [-0.05, 0) is 54.6 Å². The van der Waals surface area contributed by atoms with Crippen LogP contribution in [0.25, 0.3) is 16.3 Å². The minimum atomic E-state index is -0.316. The molecule has 116 valence electrons. The fourth-order valence-electron chi connectivity index (χ4n) is 2.35. The first-order chi connectivity index (χ1) is 11.2. The summed E-state index contributed by atoms with van der Waals surface area (Å²) in [5, 5.41) is 9.49. The van der Waals surface area contributed by atoms with Crippen LogP contribution >= 0.6 is 11.3 Å². The number of thiophene rings is 1. The highest BCUT2D eigenvalue weighted by atomic mass is 32.1. The van der Waals surface area contributed by atoms with Crippen LogP contribution in [-0.4, -0.2) is 21.7 Å². The molecule has 0 atom stereocenters. The number of amides is 1. The van der Waals surface area contributed by atoms with Crippen molar-refractivity contribution >= 4 is 17.2 Å². The number of benzene rings is 1. The van der Waals surface area contributed by atoms with Crippen molar-refractivity contribution in [2.24, 2.45) is 0 Å². The zero-order valence-corrected chi connectivity index (χ0v) is 13.0. The predicted octanol–water partition coefficient (Wildman–Crippen LogP) is 3.63.